The highest BCUT2D eigenvalue weighted by Crippen LogP contribution is 2.47. The number of nitrogens with zero attached hydrogens (tertiary/aromatic N) is 1. The van der Waals surface area contributed by atoms with Crippen LogP contribution in [0.3, 0.4) is 0 Å². The topological polar surface area (TPSA) is 16.4 Å². The van der Waals surface area contributed by atoms with Crippen molar-refractivity contribution in [2.75, 3.05) is 4.90 Å². The summed E-state index contributed by atoms with van der Waals surface area (Å²) in [5, 5.41) is 4.82. The molecule has 51 heavy (non-hydrogen) atoms. The van der Waals surface area contributed by atoms with Crippen molar-refractivity contribution in [3.05, 3.63) is 188 Å². The van der Waals surface area contributed by atoms with Crippen molar-refractivity contribution in [2.24, 2.45) is 0 Å². The fourth-order valence-electron chi connectivity index (χ4n) is 7.50. The second-order valence-corrected chi connectivity index (χ2v) is 13.9. The number of benzene rings is 8. The molecule has 0 saturated heterocycles. The van der Waals surface area contributed by atoms with Crippen LogP contribution in [0.15, 0.2) is 192 Å². The molecule has 3 heteroatoms. The number of thiophene rings is 1. The molecule has 0 unspecified atom stereocenters. The van der Waals surface area contributed by atoms with Gasteiger partial charge in [-0.3, -0.25) is 0 Å². The molecule has 0 spiro atoms. The zero-order valence-corrected chi connectivity index (χ0v) is 28.5. The molecule has 0 atom stereocenters. The van der Waals surface area contributed by atoms with E-state index in [1.54, 1.807) is 0 Å². The van der Waals surface area contributed by atoms with Crippen LogP contribution in [0.2, 0.25) is 0 Å². The summed E-state index contributed by atoms with van der Waals surface area (Å²) in [7, 11) is 0. The first-order chi connectivity index (χ1) is 25.3. The van der Waals surface area contributed by atoms with Crippen LogP contribution in [0.5, 0.6) is 0 Å². The number of para-hydroxylation sites is 1. The van der Waals surface area contributed by atoms with Gasteiger partial charge in [-0.1, -0.05) is 140 Å². The predicted octanol–water partition coefficient (Wildman–Crippen LogP) is 14.4. The Labute approximate surface area is 300 Å². The van der Waals surface area contributed by atoms with Gasteiger partial charge in [0, 0.05) is 36.8 Å². The lowest BCUT2D eigenvalue weighted by atomic mass is 9.95. The van der Waals surface area contributed by atoms with Gasteiger partial charge >= 0.3 is 0 Å². The summed E-state index contributed by atoms with van der Waals surface area (Å²) >= 11 is 1.87. The third-order valence-electron chi connectivity index (χ3n) is 9.89. The molecule has 0 bridgehead atoms. The molecule has 240 valence electrons. The van der Waals surface area contributed by atoms with Crippen LogP contribution in [0.1, 0.15) is 0 Å². The molecule has 0 aliphatic carbocycles. The molecular weight excluding hydrogens is 639 g/mol. The van der Waals surface area contributed by atoms with E-state index in [4.69, 9.17) is 4.42 Å². The highest BCUT2D eigenvalue weighted by molar-refractivity contribution is 7.26. The van der Waals surface area contributed by atoms with Crippen LogP contribution in [0.4, 0.5) is 17.1 Å². The zero-order chi connectivity index (χ0) is 33.7. The van der Waals surface area contributed by atoms with Gasteiger partial charge in [-0.05, 0) is 76.3 Å². The van der Waals surface area contributed by atoms with Gasteiger partial charge in [-0.25, -0.2) is 0 Å². The first-order valence-electron chi connectivity index (χ1n) is 17.3. The molecule has 0 saturated carbocycles. The van der Waals surface area contributed by atoms with Crippen LogP contribution in [0, 0.1) is 0 Å². The third-order valence-corrected chi connectivity index (χ3v) is 11.1. The Bertz CT molecular complexity index is 2850. The molecule has 0 aliphatic rings. The van der Waals surface area contributed by atoms with Crippen molar-refractivity contribution in [3.63, 3.8) is 0 Å². The van der Waals surface area contributed by atoms with Crippen molar-refractivity contribution >= 4 is 70.5 Å². The summed E-state index contributed by atoms with van der Waals surface area (Å²) in [6, 6.07) is 67.4. The van der Waals surface area contributed by atoms with Crippen molar-refractivity contribution < 1.29 is 4.42 Å². The lowest BCUT2D eigenvalue weighted by Gasteiger charge is -2.29. The van der Waals surface area contributed by atoms with Gasteiger partial charge in [0.05, 0.1) is 16.8 Å². The predicted molar refractivity (Wildman–Crippen MR) is 218 cm³/mol. The maximum absolute atomic E-state index is 6.42. The normalized spacial score (nSPS) is 11.5. The number of anilines is 3. The van der Waals surface area contributed by atoms with E-state index >= 15 is 0 Å². The lowest BCUT2D eigenvalue weighted by Crippen LogP contribution is -2.11. The molecule has 0 N–H and O–H groups in total. The third kappa shape index (κ3) is 5.01. The zero-order valence-electron chi connectivity index (χ0n) is 27.7. The summed E-state index contributed by atoms with van der Waals surface area (Å²) in [5.41, 5.74) is 12.1. The summed E-state index contributed by atoms with van der Waals surface area (Å²) < 4.78 is 9.06. The van der Waals surface area contributed by atoms with E-state index in [9.17, 15) is 0 Å². The van der Waals surface area contributed by atoms with E-state index in [2.05, 4.69) is 187 Å². The number of fused-ring (bicyclic) bond motifs is 6. The van der Waals surface area contributed by atoms with Crippen molar-refractivity contribution in [1.82, 2.24) is 0 Å². The summed E-state index contributed by atoms with van der Waals surface area (Å²) in [4.78, 5) is 2.41. The van der Waals surface area contributed by atoms with Crippen LogP contribution < -0.4 is 4.90 Å². The fourth-order valence-corrected chi connectivity index (χ4v) is 8.74. The Kier molecular flexibility index (Phi) is 7.04. The van der Waals surface area contributed by atoms with Gasteiger partial charge < -0.3 is 9.32 Å². The molecule has 0 radical (unpaired) electrons. The molecule has 2 nitrogen and oxygen atoms in total. The van der Waals surface area contributed by atoms with E-state index in [1.807, 2.05) is 17.4 Å². The molecule has 0 fully saturated rings. The van der Waals surface area contributed by atoms with E-state index in [0.717, 1.165) is 50.1 Å². The van der Waals surface area contributed by atoms with Crippen LogP contribution in [-0.2, 0) is 0 Å². The SMILES string of the molecule is c1ccc(-c2ccc(N(c3ccc(-c4cccc5c4sc4ccccc45)cc3)c3cccc4oc5ccccc5c34)c(-c3ccccc3)c2)cc1. The summed E-state index contributed by atoms with van der Waals surface area (Å²) in [5.74, 6) is 0. The van der Waals surface area contributed by atoms with Crippen LogP contribution in [0.25, 0.3) is 75.5 Å². The van der Waals surface area contributed by atoms with Crippen LogP contribution >= 0.6 is 11.3 Å². The largest absolute Gasteiger partial charge is 0.456 e. The van der Waals surface area contributed by atoms with Gasteiger partial charge in [0.2, 0.25) is 0 Å². The number of rotatable bonds is 6. The molecule has 10 aromatic rings. The second kappa shape index (κ2) is 12.2. The van der Waals surface area contributed by atoms with E-state index in [1.165, 1.54) is 42.4 Å². The van der Waals surface area contributed by atoms with Crippen LogP contribution in [-0.4, -0.2) is 0 Å². The minimum atomic E-state index is 0.869. The van der Waals surface area contributed by atoms with Gasteiger partial charge in [0.1, 0.15) is 11.2 Å². The van der Waals surface area contributed by atoms with Crippen molar-refractivity contribution in [1.29, 1.82) is 0 Å². The maximum atomic E-state index is 6.42. The molecule has 0 amide bonds. The first kappa shape index (κ1) is 29.5. The smallest absolute Gasteiger partial charge is 0.137 e. The van der Waals surface area contributed by atoms with Gasteiger partial charge in [0.25, 0.3) is 0 Å². The average Bonchev–Trinajstić information content (AvgIpc) is 3.78. The highest BCUT2D eigenvalue weighted by atomic mass is 32.1. The molecule has 8 aromatic carbocycles. The number of hydrogen-bond acceptors (Lipinski definition) is 3. The molecular formula is C48H31NOS. The number of furan rings is 1. The monoisotopic (exact) mass is 669 g/mol. The first-order valence-corrected chi connectivity index (χ1v) is 18.1. The highest BCUT2D eigenvalue weighted by Gasteiger charge is 2.23. The van der Waals surface area contributed by atoms with E-state index in [-0.39, 0.29) is 0 Å². The van der Waals surface area contributed by atoms with E-state index < -0.39 is 0 Å². The number of hydrogen-bond donors (Lipinski definition) is 0. The molecule has 10 rings (SSSR count). The van der Waals surface area contributed by atoms with Gasteiger partial charge in [-0.15, -0.1) is 11.3 Å². The summed E-state index contributed by atoms with van der Waals surface area (Å²) in [6.45, 7) is 0. The van der Waals surface area contributed by atoms with Gasteiger partial charge in [0.15, 0.2) is 0 Å². The second-order valence-electron chi connectivity index (χ2n) is 12.9. The Morgan fingerprint density at radius 1 is 0.392 bits per heavy atom. The molecule has 2 aromatic heterocycles. The minimum absolute atomic E-state index is 0.869. The fraction of sp³-hybridized carbons (Fsp3) is 0. The maximum Gasteiger partial charge on any atom is 0.137 e. The van der Waals surface area contributed by atoms with E-state index in [0.29, 0.717) is 0 Å². The summed E-state index contributed by atoms with van der Waals surface area (Å²) in [6.07, 6.45) is 0. The average molecular weight is 670 g/mol. The van der Waals surface area contributed by atoms with Crippen molar-refractivity contribution in [2.45, 2.75) is 0 Å². The molecule has 0 aliphatic heterocycles. The van der Waals surface area contributed by atoms with Gasteiger partial charge in [-0.2, -0.15) is 0 Å². The van der Waals surface area contributed by atoms with Crippen molar-refractivity contribution in [3.8, 4) is 33.4 Å². The lowest BCUT2D eigenvalue weighted by molar-refractivity contribution is 0.669. The standard InChI is InChI=1S/C48H31NOS/c1-3-13-32(14-4-1)35-27-30-42(41(31-35)33-15-5-2-6-16-33)49(43-21-12-23-45-47(43)40-18-7-9-22-44(40)50-45)36-28-25-34(26-29-36)37-19-11-20-39-38-17-8-10-24-46(38)51-48(37)39/h1-31H. The Balaban J connectivity index is 1.20. The molecule has 2 heterocycles. The Morgan fingerprint density at radius 3 is 1.84 bits per heavy atom. The quantitative estimate of drug-likeness (QED) is 0.175. The Morgan fingerprint density at radius 2 is 1.02 bits per heavy atom. The Hall–Kier alpha value is -6.42. The minimum Gasteiger partial charge on any atom is -0.456 e.